The van der Waals surface area contributed by atoms with Crippen molar-refractivity contribution in [3.8, 4) is 0 Å². The minimum Gasteiger partial charge on any atom is -0.481 e. The van der Waals surface area contributed by atoms with Gasteiger partial charge in [0.2, 0.25) is 0 Å². The number of nitrogens with zero attached hydrogens (tertiary/aromatic N) is 4. The van der Waals surface area contributed by atoms with Gasteiger partial charge in [0.05, 0.1) is 12.5 Å². The number of aryl methyl sites for hydroxylation is 1. The van der Waals surface area contributed by atoms with Crippen LogP contribution in [0.3, 0.4) is 0 Å². The molecule has 0 aromatic carbocycles. The Labute approximate surface area is 87.3 Å². The third kappa shape index (κ3) is 1.84. The molecule has 1 heterocycles. The number of tetrazole rings is 1. The summed E-state index contributed by atoms with van der Waals surface area (Å²) in [5, 5.41) is 20.8. The van der Waals surface area contributed by atoms with Gasteiger partial charge in [-0.15, -0.1) is 10.2 Å². The number of aromatic nitrogens is 4. The number of aliphatic carboxylic acids is 1. The fraction of sp³-hybridized carbons (Fsp3) is 0.778. The lowest BCUT2D eigenvalue weighted by Gasteiger charge is -2.22. The Kier molecular flexibility index (Phi) is 2.21. The summed E-state index contributed by atoms with van der Waals surface area (Å²) in [4.78, 5) is 12.6. The molecule has 1 atom stereocenters. The van der Waals surface area contributed by atoms with Crippen molar-refractivity contribution in [1.29, 1.82) is 0 Å². The first-order valence-corrected chi connectivity index (χ1v) is 4.98. The van der Waals surface area contributed by atoms with Crippen LogP contribution in [0.25, 0.3) is 0 Å². The van der Waals surface area contributed by atoms with E-state index in [2.05, 4.69) is 15.4 Å². The van der Waals surface area contributed by atoms with Crippen molar-refractivity contribution in [2.24, 2.45) is 18.4 Å². The molecule has 2 rings (SSSR count). The number of rotatable bonds is 4. The number of hydrogen-bond acceptors (Lipinski definition) is 4. The largest absolute Gasteiger partial charge is 0.481 e. The summed E-state index contributed by atoms with van der Waals surface area (Å²) in [6.07, 6.45) is 2.34. The second-order valence-corrected chi connectivity index (χ2v) is 4.37. The van der Waals surface area contributed by atoms with Crippen molar-refractivity contribution >= 4 is 5.97 Å². The van der Waals surface area contributed by atoms with E-state index < -0.39 is 11.4 Å². The van der Waals surface area contributed by atoms with E-state index in [1.54, 1.807) is 14.0 Å². The monoisotopic (exact) mass is 210 g/mol. The summed E-state index contributed by atoms with van der Waals surface area (Å²) in [5.74, 6) is 0.00515. The maximum atomic E-state index is 11.2. The molecule has 1 fully saturated rings. The molecule has 1 N–H and O–H groups in total. The maximum Gasteiger partial charge on any atom is 0.310 e. The maximum absolute atomic E-state index is 11.2. The Morgan fingerprint density at radius 3 is 2.73 bits per heavy atom. The molecule has 82 valence electrons. The molecule has 6 nitrogen and oxygen atoms in total. The van der Waals surface area contributed by atoms with Crippen LogP contribution in [-0.4, -0.2) is 31.3 Å². The van der Waals surface area contributed by atoms with E-state index in [4.69, 9.17) is 0 Å². The summed E-state index contributed by atoms with van der Waals surface area (Å²) in [5.41, 5.74) is -0.733. The van der Waals surface area contributed by atoms with Crippen LogP contribution in [0.2, 0.25) is 0 Å². The molecule has 1 saturated carbocycles. The number of carboxylic acid groups (broad SMARTS) is 1. The molecule has 0 spiro atoms. The normalized spacial score (nSPS) is 19.9. The predicted octanol–water partition coefficient (Wildman–Crippen LogP) is 0.253. The van der Waals surface area contributed by atoms with Crippen molar-refractivity contribution in [1.82, 2.24) is 20.2 Å². The van der Waals surface area contributed by atoms with E-state index in [1.807, 2.05) is 0 Å². The van der Waals surface area contributed by atoms with Gasteiger partial charge in [0.15, 0.2) is 5.82 Å². The van der Waals surface area contributed by atoms with Crippen molar-refractivity contribution in [3.05, 3.63) is 5.82 Å². The van der Waals surface area contributed by atoms with E-state index in [0.29, 0.717) is 12.2 Å². The molecule has 15 heavy (non-hydrogen) atoms. The molecule has 0 radical (unpaired) electrons. The van der Waals surface area contributed by atoms with Crippen molar-refractivity contribution in [2.45, 2.75) is 26.2 Å². The zero-order valence-electron chi connectivity index (χ0n) is 8.84. The highest BCUT2D eigenvalue weighted by molar-refractivity contribution is 5.75. The van der Waals surface area contributed by atoms with Crippen molar-refractivity contribution in [3.63, 3.8) is 0 Å². The zero-order valence-corrected chi connectivity index (χ0v) is 8.84. The summed E-state index contributed by atoms with van der Waals surface area (Å²) in [7, 11) is 1.67. The van der Waals surface area contributed by atoms with Gasteiger partial charge >= 0.3 is 5.97 Å². The van der Waals surface area contributed by atoms with Crippen LogP contribution in [-0.2, 0) is 18.3 Å². The van der Waals surface area contributed by atoms with Crippen molar-refractivity contribution < 1.29 is 9.90 Å². The molecular weight excluding hydrogens is 196 g/mol. The molecule has 1 aromatic rings. The molecular formula is C9H14N4O2. The van der Waals surface area contributed by atoms with Gasteiger partial charge < -0.3 is 5.11 Å². The quantitative estimate of drug-likeness (QED) is 0.770. The van der Waals surface area contributed by atoms with Gasteiger partial charge in [0.25, 0.3) is 0 Å². The lowest BCUT2D eigenvalue weighted by molar-refractivity contribution is -0.149. The van der Waals surface area contributed by atoms with Gasteiger partial charge in [-0.1, -0.05) is 0 Å². The minimum atomic E-state index is -0.766. The molecule has 1 aliphatic rings. The standard InChI is InChI=1S/C9H14N4O2/c1-9(8(14)15,6-3-4-6)5-7-10-12-13(2)11-7/h6H,3-5H2,1-2H3,(H,14,15). The Balaban J connectivity index is 2.16. The third-order valence-electron chi connectivity index (χ3n) is 3.04. The second-order valence-electron chi connectivity index (χ2n) is 4.37. The summed E-state index contributed by atoms with van der Waals surface area (Å²) in [6, 6.07) is 0. The first-order chi connectivity index (χ1) is 7.02. The van der Waals surface area contributed by atoms with Crippen LogP contribution in [0.1, 0.15) is 25.6 Å². The van der Waals surface area contributed by atoms with Crippen LogP contribution >= 0.6 is 0 Å². The van der Waals surface area contributed by atoms with Gasteiger partial charge in [-0.3, -0.25) is 4.79 Å². The molecule has 6 heteroatoms. The summed E-state index contributed by atoms with van der Waals surface area (Å²) < 4.78 is 0. The Hall–Kier alpha value is -1.46. The molecule has 0 saturated heterocycles. The van der Waals surface area contributed by atoms with Crippen LogP contribution < -0.4 is 0 Å². The average Bonchev–Trinajstić information content (AvgIpc) is 2.92. The van der Waals surface area contributed by atoms with Gasteiger partial charge in [0.1, 0.15) is 0 Å². The highest BCUT2D eigenvalue weighted by Gasteiger charge is 2.48. The minimum absolute atomic E-state index is 0.263. The topological polar surface area (TPSA) is 80.9 Å². The lowest BCUT2D eigenvalue weighted by Crippen LogP contribution is -2.32. The van der Waals surface area contributed by atoms with Crippen molar-refractivity contribution in [2.75, 3.05) is 0 Å². The second kappa shape index (κ2) is 3.29. The Bertz CT molecular complexity index is 385. The fourth-order valence-electron chi connectivity index (χ4n) is 1.84. The Morgan fingerprint density at radius 2 is 2.33 bits per heavy atom. The van der Waals surface area contributed by atoms with Crippen LogP contribution in [0, 0.1) is 11.3 Å². The smallest absolute Gasteiger partial charge is 0.310 e. The molecule has 0 aliphatic heterocycles. The van der Waals surface area contributed by atoms with E-state index in [0.717, 1.165) is 12.8 Å². The van der Waals surface area contributed by atoms with Gasteiger partial charge in [-0.05, 0) is 30.9 Å². The lowest BCUT2D eigenvalue weighted by atomic mass is 9.81. The van der Waals surface area contributed by atoms with E-state index in [-0.39, 0.29) is 5.92 Å². The SMILES string of the molecule is Cn1nnc(CC(C)(C(=O)O)C2CC2)n1. The first kappa shape index (κ1) is 10.1. The van der Waals surface area contributed by atoms with E-state index in [9.17, 15) is 9.90 Å². The summed E-state index contributed by atoms with van der Waals surface area (Å²) in [6.45, 7) is 1.77. The highest BCUT2D eigenvalue weighted by atomic mass is 16.4. The van der Waals surface area contributed by atoms with Crippen LogP contribution in [0.15, 0.2) is 0 Å². The van der Waals surface area contributed by atoms with E-state index >= 15 is 0 Å². The van der Waals surface area contributed by atoms with E-state index in [1.165, 1.54) is 4.80 Å². The molecule has 1 aromatic heterocycles. The zero-order chi connectivity index (χ0) is 11.1. The van der Waals surface area contributed by atoms with Gasteiger partial charge in [-0.25, -0.2) is 0 Å². The van der Waals surface area contributed by atoms with Crippen LogP contribution in [0.4, 0.5) is 0 Å². The predicted molar refractivity (Wildman–Crippen MR) is 51.0 cm³/mol. The highest BCUT2D eigenvalue weighted by Crippen LogP contribution is 2.47. The van der Waals surface area contributed by atoms with Gasteiger partial charge in [0, 0.05) is 6.42 Å². The molecule has 1 unspecified atom stereocenters. The first-order valence-electron chi connectivity index (χ1n) is 4.98. The van der Waals surface area contributed by atoms with Crippen LogP contribution in [0.5, 0.6) is 0 Å². The number of carbonyl (C=O) groups is 1. The summed E-state index contributed by atoms with van der Waals surface area (Å²) >= 11 is 0. The molecule has 1 aliphatic carbocycles. The average molecular weight is 210 g/mol. The number of hydrogen-bond donors (Lipinski definition) is 1. The fourth-order valence-corrected chi connectivity index (χ4v) is 1.84. The third-order valence-corrected chi connectivity index (χ3v) is 3.04. The number of carboxylic acids is 1. The Morgan fingerprint density at radius 1 is 1.67 bits per heavy atom. The molecule has 0 amide bonds. The molecule has 0 bridgehead atoms. The van der Waals surface area contributed by atoms with Gasteiger partial charge in [-0.2, -0.15) is 4.80 Å².